The molecule has 1 aromatic rings. The Morgan fingerprint density at radius 2 is 1.93 bits per heavy atom. The Balaban J connectivity index is 2.58. The standard InChI is InChI=1S/C20H26F3NO3/c1-3-4-5-6-7-8-12-17(19(26)27-2)24-18(25)14-15-10-9-11-16(13-15)20(21,22)23/h3,9-11,13,17H,1,4-8,12,14H2,2H3,(H,24,25)/t17-/m1/s1. The number of methoxy groups -OCH3 is 1. The second kappa shape index (κ2) is 11.4. The Morgan fingerprint density at radius 3 is 2.56 bits per heavy atom. The number of hydrogen-bond acceptors (Lipinski definition) is 3. The number of unbranched alkanes of at least 4 members (excludes halogenated alkanes) is 4. The normalized spacial score (nSPS) is 12.3. The number of allylic oxidation sites excluding steroid dienone is 1. The van der Waals surface area contributed by atoms with Crippen LogP contribution in [0.5, 0.6) is 0 Å². The number of carbonyl (C=O) groups is 2. The Bertz CT molecular complexity index is 629. The molecule has 4 nitrogen and oxygen atoms in total. The van der Waals surface area contributed by atoms with E-state index in [9.17, 15) is 22.8 Å². The van der Waals surface area contributed by atoms with E-state index in [0.717, 1.165) is 44.2 Å². The van der Waals surface area contributed by atoms with Gasteiger partial charge in [-0.1, -0.05) is 43.5 Å². The van der Waals surface area contributed by atoms with Gasteiger partial charge in [0.1, 0.15) is 6.04 Å². The summed E-state index contributed by atoms with van der Waals surface area (Å²) in [7, 11) is 1.23. The van der Waals surface area contributed by atoms with Crippen molar-refractivity contribution in [3.63, 3.8) is 0 Å². The third-order valence-corrected chi connectivity index (χ3v) is 4.09. The van der Waals surface area contributed by atoms with Gasteiger partial charge in [0, 0.05) is 0 Å². The van der Waals surface area contributed by atoms with Gasteiger partial charge in [-0.05, 0) is 30.9 Å². The molecule has 0 aromatic heterocycles. The lowest BCUT2D eigenvalue weighted by Gasteiger charge is -2.17. The van der Waals surface area contributed by atoms with E-state index >= 15 is 0 Å². The molecule has 0 saturated heterocycles. The topological polar surface area (TPSA) is 55.4 Å². The van der Waals surface area contributed by atoms with Crippen molar-refractivity contribution in [3.05, 3.63) is 48.0 Å². The Hall–Kier alpha value is -2.31. The fourth-order valence-electron chi connectivity index (χ4n) is 2.67. The zero-order chi connectivity index (χ0) is 20.3. The summed E-state index contributed by atoms with van der Waals surface area (Å²) in [4.78, 5) is 24.0. The highest BCUT2D eigenvalue weighted by Gasteiger charge is 2.30. The second-order valence-electron chi connectivity index (χ2n) is 6.30. The first-order valence-corrected chi connectivity index (χ1v) is 8.92. The van der Waals surface area contributed by atoms with Gasteiger partial charge in [0.25, 0.3) is 0 Å². The van der Waals surface area contributed by atoms with E-state index in [4.69, 9.17) is 4.74 Å². The van der Waals surface area contributed by atoms with Crippen LogP contribution in [0.1, 0.15) is 49.7 Å². The number of carbonyl (C=O) groups excluding carboxylic acids is 2. The number of hydrogen-bond donors (Lipinski definition) is 1. The number of rotatable bonds is 11. The van der Waals surface area contributed by atoms with Crippen molar-refractivity contribution in [1.82, 2.24) is 5.32 Å². The molecule has 0 spiro atoms. The molecule has 0 heterocycles. The number of halogens is 3. The molecule has 1 N–H and O–H groups in total. The lowest BCUT2D eigenvalue weighted by molar-refractivity contribution is -0.145. The van der Waals surface area contributed by atoms with Gasteiger partial charge in [-0.25, -0.2) is 4.79 Å². The molecule has 0 aliphatic rings. The highest BCUT2D eigenvalue weighted by molar-refractivity contribution is 5.85. The SMILES string of the molecule is C=CCCCCCC[C@@H](NC(=O)Cc1cccc(C(F)(F)F)c1)C(=O)OC. The zero-order valence-electron chi connectivity index (χ0n) is 15.5. The molecule has 0 aliphatic heterocycles. The number of alkyl halides is 3. The van der Waals surface area contributed by atoms with E-state index < -0.39 is 29.7 Å². The highest BCUT2D eigenvalue weighted by atomic mass is 19.4. The summed E-state index contributed by atoms with van der Waals surface area (Å²) in [6.45, 7) is 3.66. The molecule has 27 heavy (non-hydrogen) atoms. The first-order valence-electron chi connectivity index (χ1n) is 8.92. The van der Waals surface area contributed by atoms with Gasteiger partial charge in [-0.3, -0.25) is 4.79 Å². The van der Waals surface area contributed by atoms with Crippen molar-refractivity contribution in [2.24, 2.45) is 0 Å². The molecule has 1 amide bonds. The number of benzene rings is 1. The predicted octanol–water partition coefficient (Wildman–Crippen LogP) is 4.43. The third kappa shape index (κ3) is 8.75. The summed E-state index contributed by atoms with van der Waals surface area (Å²) < 4.78 is 43.0. The molecular formula is C20H26F3NO3. The van der Waals surface area contributed by atoms with Crippen molar-refractivity contribution in [2.45, 2.75) is 57.2 Å². The molecule has 0 fully saturated rings. The maximum absolute atomic E-state index is 12.8. The molecule has 0 radical (unpaired) electrons. The van der Waals surface area contributed by atoms with E-state index in [1.807, 2.05) is 6.08 Å². The molecule has 1 atom stereocenters. The largest absolute Gasteiger partial charge is 0.467 e. The van der Waals surface area contributed by atoms with Crippen molar-refractivity contribution < 1.29 is 27.5 Å². The van der Waals surface area contributed by atoms with E-state index in [1.54, 1.807) is 0 Å². The van der Waals surface area contributed by atoms with Crippen molar-refractivity contribution in [2.75, 3.05) is 7.11 Å². The van der Waals surface area contributed by atoms with Gasteiger partial charge in [0.05, 0.1) is 19.1 Å². The van der Waals surface area contributed by atoms with Crippen LogP contribution in [0.3, 0.4) is 0 Å². The van der Waals surface area contributed by atoms with E-state index in [-0.39, 0.29) is 12.0 Å². The van der Waals surface area contributed by atoms with Crippen LogP contribution in [-0.2, 0) is 26.9 Å². The Labute approximate surface area is 157 Å². The number of amides is 1. The minimum Gasteiger partial charge on any atom is -0.467 e. The molecule has 1 rings (SSSR count). The molecule has 0 aliphatic carbocycles. The van der Waals surface area contributed by atoms with Crippen LogP contribution in [-0.4, -0.2) is 25.0 Å². The van der Waals surface area contributed by atoms with Crippen molar-refractivity contribution >= 4 is 11.9 Å². The second-order valence-corrected chi connectivity index (χ2v) is 6.30. The zero-order valence-corrected chi connectivity index (χ0v) is 15.5. The smallest absolute Gasteiger partial charge is 0.416 e. The molecule has 150 valence electrons. The van der Waals surface area contributed by atoms with Crippen molar-refractivity contribution in [3.8, 4) is 0 Å². The van der Waals surface area contributed by atoms with Crippen LogP contribution in [0.2, 0.25) is 0 Å². The minimum atomic E-state index is -4.47. The summed E-state index contributed by atoms with van der Waals surface area (Å²) in [5.74, 6) is -1.07. The van der Waals surface area contributed by atoms with Crippen LogP contribution in [0.15, 0.2) is 36.9 Å². The lowest BCUT2D eigenvalue weighted by atomic mass is 10.0. The monoisotopic (exact) mass is 385 g/mol. The van der Waals surface area contributed by atoms with Gasteiger partial charge >= 0.3 is 12.1 Å². The van der Waals surface area contributed by atoms with E-state index in [1.165, 1.54) is 19.2 Å². The lowest BCUT2D eigenvalue weighted by Crippen LogP contribution is -2.42. The summed E-state index contributed by atoms with van der Waals surface area (Å²) >= 11 is 0. The van der Waals surface area contributed by atoms with Crippen LogP contribution in [0, 0.1) is 0 Å². The van der Waals surface area contributed by atoms with Gasteiger partial charge in [-0.2, -0.15) is 13.2 Å². The summed E-state index contributed by atoms with van der Waals surface area (Å²) in [6.07, 6.45) is 2.18. The molecule has 0 unspecified atom stereocenters. The highest BCUT2D eigenvalue weighted by Crippen LogP contribution is 2.29. The molecular weight excluding hydrogens is 359 g/mol. The average Bonchev–Trinajstić information content (AvgIpc) is 2.62. The number of ether oxygens (including phenoxy) is 1. The molecule has 1 aromatic carbocycles. The van der Waals surface area contributed by atoms with Gasteiger partial charge < -0.3 is 10.1 Å². The average molecular weight is 385 g/mol. The predicted molar refractivity (Wildman–Crippen MR) is 97.0 cm³/mol. The van der Waals surface area contributed by atoms with Crippen molar-refractivity contribution in [1.29, 1.82) is 0 Å². The first kappa shape index (κ1) is 22.7. The van der Waals surface area contributed by atoms with Crippen LogP contribution in [0.4, 0.5) is 13.2 Å². The van der Waals surface area contributed by atoms with E-state index in [0.29, 0.717) is 6.42 Å². The molecule has 0 saturated carbocycles. The van der Waals surface area contributed by atoms with Crippen LogP contribution < -0.4 is 5.32 Å². The maximum Gasteiger partial charge on any atom is 0.416 e. The summed E-state index contributed by atoms with van der Waals surface area (Å²) in [5.41, 5.74) is -0.577. The van der Waals surface area contributed by atoms with Gasteiger partial charge in [-0.15, -0.1) is 6.58 Å². The number of nitrogens with one attached hydrogen (secondary N) is 1. The van der Waals surface area contributed by atoms with Crippen LogP contribution >= 0.6 is 0 Å². The Morgan fingerprint density at radius 1 is 1.22 bits per heavy atom. The van der Waals surface area contributed by atoms with Gasteiger partial charge in [0.2, 0.25) is 5.91 Å². The molecule has 0 bridgehead atoms. The Kier molecular flexibility index (Phi) is 9.61. The van der Waals surface area contributed by atoms with Gasteiger partial charge in [0.15, 0.2) is 0 Å². The summed E-state index contributed by atoms with van der Waals surface area (Å²) in [5, 5.41) is 2.57. The number of esters is 1. The fourth-order valence-corrected chi connectivity index (χ4v) is 2.67. The first-order chi connectivity index (χ1) is 12.8. The summed E-state index contributed by atoms with van der Waals surface area (Å²) in [6, 6.07) is 3.79. The quantitative estimate of drug-likeness (QED) is 0.348. The molecule has 7 heteroatoms. The minimum absolute atomic E-state index is 0.232. The van der Waals surface area contributed by atoms with Crippen LogP contribution in [0.25, 0.3) is 0 Å². The van der Waals surface area contributed by atoms with E-state index in [2.05, 4.69) is 11.9 Å². The fraction of sp³-hybridized carbons (Fsp3) is 0.500. The third-order valence-electron chi connectivity index (χ3n) is 4.09. The maximum atomic E-state index is 12.8.